The zero-order valence-electron chi connectivity index (χ0n) is 6.44. The molecule has 0 aliphatic heterocycles. The van der Waals surface area contributed by atoms with Crippen LogP contribution in [0.3, 0.4) is 0 Å². The monoisotopic (exact) mass is 160 g/mol. The van der Waals surface area contributed by atoms with Crippen molar-refractivity contribution in [1.82, 2.24) is 10.2 Å². The predicted octanol–water partition coefficient (Wildman–Crippen LogP) is 0.986. The molecule has 1 aromatic heterocycles. The molecule has 0 bridgehead atoms. The quantitative estimate of drug-likeness (QED) is 0.699. The highest BCUT2D eigenvalue weighted by molar-refractivity contribution is 5.45. The molecule has 0 aliphatic rings. The lowest BCUT2D eigenvalue weighted by molar-refractivity contribution is 1.03. The molecule has 0 amide bonds. The summed E-state index contributed by atoms with van der Waals surface area (Å²) >= 11 is 0. The fourth-order valence-corrected chi connectivity index (χ4v) is 0.674. The molecule has 0 radical (unpaired) electrons. The normalized spacial score (nSPS) is 9.92. The van der Waals surface area contributed by atoms with Crippen LogP contribution in [0, 0.1) is 11.3 Å². The second-order valence-corrected chi connectivity index (χ2v) is 2.15. The topological polar surface area (TPSA) is 75.6 Å². The van der Waals surface area contributed by atoms with Crippen molar-refractivity contribution < 1.29 is 0 Å². The summed E-state index contributed by atoms with van der Waals surface area (Å²) in [6.07, 6.45) is 3.84. The summed E-state index contributed by atoms with van der Waals surface area (Å²) in [6, 6.07) is 5.40. The first kappa shape index (κ1) is 8.21. The number of nitriles is 1. The molecule has 60 valence electrons. The van der Waals surface area contributed by atoms with Crippen LogP contribution in [0.4, 0.5) is 5.82 Å². The first-order chi connectivity index (χ1) is 5.83. The van der Waals surface area contributed by atoms with E-state index in [0.29, 0.717) is 17.9 Å². The lowest BCUT2D eigenvalue weighted by Crippen LogP contribution is -1.92. The Labute approximate surface area is 70.3 Å². The van der Waals surface area contributed by atoms with Gasteiger partial charge in [-0.25, -0.2) is 0 Å². The molecule has 12 heavy (non-hydrogen) atoms. The van der Waals surface area contributed by atoms with E-state index in [9.17, 15) is 0 Å². The van der Waals surface area contributed by atoms with E-state index in [-0.39, 0.29) is 0 Å². The maximum Gasteiger partial charge on any atom is 0.146 e. The van der Waals surface area contributed by atoms with E-state index in [1.165, 1.54) is 0 Å². The minimum Gasteiger partial charge on any atom is -0.382 e. The van der Waals surface area contributed by atoms with Crippen molar-refractivity contribution in [2.75, 3.05) is 5.73 Å². The van der Waals surface area contributed by atoms with E-state index >= 15 is 0 Å². The largest absolute Gasteiger partial charge is 0.382 e. The van der Waals surface area contributed by atoms with E-state index in [1.54, 1.807) is 24.3 Å². The third-order valence-electron chi connectivity index (χ3n) is 1.20. The predicted molar refractivity (Wildman–Crippen MR) is 45.7 cm³/mol. The number of anilines is 1. The fraction of sp³-hybridized carbons (Fsp3) is 0.125. The average Bonchev–Trinajstić information content (AvgIpc) is 2.09. The van der Waals surface area contributed by atoms with Gasteiger partial charge in [0.1, 0.15) is 5.82 Å². The molecule has 0 aromatic carbocycles. The van der Waals surface area contributed by atoms with Crippen LogP contribution >= 0.6 is 0 Å². The maximum atomic E-state index is 8.23. The highest BCUT2D eigenvalue weighted by Gasteiger charge is 1.88. The Hall–Kier alpha value is -1.89. The molecule has 4 nitrogen and oxygen atoms in total. The highest BCUT2D eigenvalue weighted by atomic mass is 15.1. The van der Waals surface area contributed by atoms with Crippen LogP contribution in [0.5, 0.6) is 0 Å². The molecule has 1 aromatic rings. The number of hydrogen-bond donors (Lipinski definition) is 1. The Kier molecular flexibility index (Phi) is 2.79. The Morgan fingerprint density at radius 1 is 1.50 bits per heavy atom. The van der Waals surface area contributed by atoms with Crippen molar-refractivity contribution in [3.05, 3.63) is 23.9 Å². The Morgan fingerprint density at radius 2 is 2.33 bits per heavy atom. The Balaban J connectivity index is 2.66. The van der Waals surface area contributed by atoms with E-state index in [0.717, 1.165) is 0 Å². The van der Waals surface area contributed by atoms with Gasteiger partial charge in [-0.15, -0.1) is 10.2 Å². The van der Waals surface area contributed by atoms with Gasteiger partial charge in [-0.2, -0.15) is 5.26 Å². The highest BCUT2D eigenvalue weighted by Crippen LogP contribution is 1.99. The molecule has 2 N–H and O–H groups in total. The maximum absolute atomic E-state index is 8.23. The number of hydrogen-bond acceptors (Lipinski definition) is 4. The van der Waals surface area contributed by atoms with Gasteiger partial charge >= 0.3 is 0 Å². The molecule has 0 atom stereocenters. The molecular formula is C8H8N4. The van der Waals surface area contributed by atoms with Crippen molar-refractivity contribution in [3.8, 4) is 6.07 Å². The standard InChI is InChI=1S/C8H8N4/c9-6-2-1-3-7-4-5-8(10)12-11-7/h1,3-5H,2H2,(H2,10,12). The Morgan fingerprint density at radius 3 is 2.92 bits per heavy atom. The van der Waals surface area contributed by atoms with Crippen LogP contribution in [0.25, 0.3) is 6.08 Å². The zero-order chi connectivity index (χ0) is 8.81. The SMILES string of the molecule is N#CCC=Cc1ccc(N)nn1. The molecule has 1 rings (SSSR count). The minimum atomic E-state index is 0.381. The number of nitrogens with two attached hydrogens (primary N) is 1. The summed E-state index contributed by atoms with van der Waals surface area (Å²) in [5.74, 6) is 0.396. The molecule has 0 spiro atoms. The lowest BCUT2D eigenvalue weighted by Gasteiger charge is -1.90. The van der Waals surface area contributed by atoms with E-state index < -0.39 is 0 Å². The van der Waals surface area contributed by atoms with Crippen LogP contribution < -0.4 is 5.73 Å². The van der Waals surface area contributed by atoms with Crippen LogP contribution in [0.15, 0.2) is 18.2 Å². The van der Waals surface area contributed by atoms with Crippen LogP contribution in [0.1, 0.15) is 12.1 Å². The Bertz CT molecular complexity index is 307. The van der Waals surface area contributed by atoms with E-state index in [4.69, 9.17) is 11.0 Å². The fourth-order valence-electron chi connectivity index (χ4n) is 0.674. The van der Waals surface area contributed by atoms with E-state index in [2.05, 4.69) is 10.2 Å². The molecule has 0 saturated heterocycles. The van der Waals surface area contributed by atoms with Gasteiger partial charge in [0.2, 0.25) is 0 Å². The van der Waals surface area contributed by atoms with Gasteiger partial charge in [-0.1, -0.05) is 6.08 Å². The number of nitrogen functional groups attached to an aromatic ring is 1. The molecule has 1 heterocycles. The van der Waals surface area contributed by atoms with Gasteiger partial charge in [0.25, 0.3) is 0 Å². The van der Waals surface area contributed by atoms with Gasteiger partial charge in [-0.05, 0) is 18.2 Å². The van der Waals surface area contributed by atoms with Gasteiger partial charge < -0.3 is 5.73 Å². The molecular weight excluding hydrogens is 152 g/mol. The van der Waals surface area contributed by atoms with Crippen molar-refractivity contribution >= 4 is 11.9 Å². The molecule has 0 unspecified atom stereocenters. The zero-order valence-corrected chi connectivity index (χ0v) is 6.44. The third kappa shape index (κ3) is 2.39. The number of nitrogens with zero attached hydrogens (tertiary/aromatic N) is 3. The lowest BCUT2D eigenvalue weighted by atomic mass is 10.3. The number of rotatable bonds is 2. The van der Waals surface area contributed by atoms with Crippen molar-refractivity contribution in [1.29, 1.82) is 5.26 Å². The van der Waals surface area contributed by atoms with Gasteiger partial charge in [0.05, 0.1) is 18.2 Å². The third-order valence-corrected chi connectivity index (χ3v) is 1.20. The molecule has 4 heteroatoms. The van der Waals surface area contributed by atoms with Gasteiger partial charge in [-0.3, -0.25) is 0 Å². The molecule has 0 saturated carbocycles. The molecule has 0 aliphatic carbocycles. The first-order valence-corrected chi connectivity index (χ1v) is 3.45. The second-order valence-electron chi connectivity index (χ2n) is 2.15. The summed E-state index contributed by atoms with van der Waals surface area (Å²) in [6.45, 7) is 0. The van der Waals surface area contributed by atoms with E-state index in [1.807, 2.05) is 6.07 Å². The molecule has 0 fully saturated rings. The van der Waals surface area contributed by atoms with Crippen molar-refractivity contribution in [2.24, 2.45) is 0 Å². The van der Waals surface area contributed by atoms with Gasteiger partial charge in [0, 0.05) is 0 Å². The van der Waals surface area contributed by atoms with Crippen LogP contribution in [-0.4, -0.2) is 10.2 Å². The van der Waals surface area contributed by atoms with Crippen LogP contribution in [0.2, 0.25) is 0 Å². The van der Waals surface area contributed by atoms with Crippen molar-refractivity contribution in [2.45, 2.75) is 6.42 Å². The van der Waals surface area contributed by atoms with Gasteiger partial charge in [0.15, 0.2) is 0 Å². The number of aromatic nitrogens is 2. The second kappa shape index (κ2) is 4.09. The summed E-state index contributed by atoms with van der Waals surface area (Å²) in [7, 11) is 0. The summed E-state index contributed by atoms with van der Waals surface area (Å²) in [5, 5.41) is 15.7. The first-order valence-electron chi connectivity index (χ1n) is 3.45. The summed E-state index contributed by atoms with van der Waals surface area (Å²) in [4.78, 5) is 0. The van der Waals surface area contributed by atoms with Crippen LogP contribution in [-0.2, 0) is 0 Å². The summed E-state index contributed by atoms with van der Waals surface area (Å²) < 4.78 is 0. The minimum absolute atomic E-state index is 0.381. The average molecular weight is 160 g/mol. The summed E-state index contributed by atoms with van der Waals surface area (Å²) in [5.41, 5.74) is 6.04. The smallest absolute Gasteiger partial charge is 0.146 e. The number of allylic oxidation sites excluding steroid dienone is 1. The van der Waals surface area contributed by atoms with Crippen molar-refractivity contribution in [3.63, 3.8) is 0 Å².